The standard InChI is InChI=1S/C19H17FN2O2S/c1-12-4-3-5-17(13(12)2)24-10-18(23)22-19-21-16(11-25-19)14-6-8-15(20)9-7-14/h3-9,11H,10H2,1-2H3,(H,21,22,23). The quantitative estimate of drug-likeness (QED) is 0.728. The molecule has 0 unspecified atom stereocenters. The molecule has 1 N–H and O–H groups in total. The van der Waals surface area contributed by atoms with Crippen LogP contribution in [0.4, 0.5) is 9.52 Å². The zero-order valence-corrected chi connectivity index (χ0v) is 14.7. The van der Waals surface area contributed by atoms with E-state index in [4.69, 9.17) is 4.74 Å². The number of aromatic nitrogens is 1. The summed E-state index contributed by atoms with van der Waals surface area (Å²) in [5.74, 6) is 0.123. The van der Waals surface area contributed by atoms with Crippen molar-refractivity contribution >= 4 is 22.4 Å². The monoisotopic (exact) mass is 356 g/mol. The zero-order chi connectivity index (χ0) is 17.8. The maximum atomic E-state index is 13.0. The number of nitrogens with zero attached hydrogens (tertiary/aromatic N) is 1. The number of thiazole rings is 1. The molecule has 2 aromatic carbocycles. The first kappa shape index (κ1) is 17.1. The fourth-order valence-electron chi connectivity index (χ4n) is 2.26. The molecule has 0 aliphatic rings. The number of rotatable bonds is 5. The Balaban J connectivity index is 1.60. The highest BCUT2D eigenvalue weighted by molar-refractivity contribution is 7.14. The maximum Gasteiger partial charge on any atom is 0.264 e. The molecule has 1 aromatic heterocycles. The Bertz CT molecular complexity index is 891. The molecule has 0 aliphatic heterocycles. The van der Waals surface area contributed by atoms with Crippen LogP contribution in [0.25, 0.3) is 11.3 Å². The van der Waals surface area contributed by atoms with Crippen molar-refractivity contribution in [3.05, 3.63) is 64.8 Å². The molecule has 0 saturated carbocycles. The molecule has 3 aromatic rings. The minimum absolute atomic E-state index is 0.0875. The molecule has 3 rings (SSSR count). The third-order valence-electron chi connectivity index (χ3n) is 3.80. The van der Waals surface area contributed by atoms with Crippen LogP contribution in [0.5, 0.6) is 5.75 Å². The average molecular weight is 356 g/mol. The van der Waals surface area contributed by atoms with E-state index < -0.39 is 0 Å². The van der Waals surface area contributed by atoms with Crippen LogP contribution in [0, 0.1) is 19.7 Å². The van der Waals surface area contributed by atoms with E-state index in [0.717, 1.165) is 16.7 Å². The molecule has 0 saturated heterocycles. The predicted molar refractivity (Wildman–Crippen MR) is 97.5 cm³/mol. The van der Waals surface area contributed by atoms with Crippen molar-refractivity contribution in [1.82, 2.24) is 4.98 Å². The number of ether oxygens (including phenoxy) is 1. The first-order valence-electron chi connectivity index (χ1n) is 7.73. The van der Waals surface area contributed by atoms with E-state index in [9.17, 15) is 9.18 Å². The van der Waals surface area contributed by atoms with Crippen molar-refractivity contribution in [3.8, 4) is 17.0 Å². The molecular weight excluding hydrogens is 339 g/mol. The van der Waals surface area contributed by atoms with Crippen LogP contribution in [0.3, 0.4) is 0 Å². The Labute approximate surface area is 149 Å². The molecule has 128 valence electrons. The van der Waals surface area contributed by atoms with Crippen molar-refractivity contribution in [1.29, 1.82) is 0 Å². The lowest BCUT2D eigenvalue weighted by Crippen LogP contribution is -2.20. The van der Waals surface area contributed by atoms with Gasteiger partial charge in [-0.2, -0.15) is 0 Å². The van der Waals surface area contributed by atoms with E-state index in [1.165, 1.54) is 23.5 Å². The number of anilines is 1. The third-order valence-corrected chi connectivity index (χ3v) is 4.56. The minimum Gasteiger partial charge on any atom is -0.483 e. The molecule has 6 heteroatoms. The second-order valence-electron chi connectivity index (χ2n) is 5.58. The van der Waals surface area contributed by atoms with Gasteiger partial charge in [-0.25, -0.2) is 9.37 Å². The van der Waals surface area contributed by atoms with E-state index in [0.29, 0.717) is 16.6 Å². The van der Waals surface area contributed by atoms with Crippen molar-refractivity contribution in [3.63, 3.8) is 0 Å². The van der Waals surface area contributed by atoms with Gasteiger partial charge < -0.3 is 4.74 Å². The number of amides is 1. The molecule has 0 fully saturated rings. The summed E-state index contributed by atoms with van der Waals surface area (Å²) in [5.41, 5.74) is 3.62. The number of aryl methyl sites for hydroxylation is 1. The molecule has 1 amide bonds. The summed E-state index contributed by atoms with van der Waals surface area (Å²) in [6, 6.07) is 11.8. The zero-order valence-electron chi connectivity index (χ0n) is 13.9. The highest BCUT2D eigenvalue weighted by atomic mass is 32.1. The Hall–Kier alpha value is -2.73. The number of benzene rings is 2. The van der Waals surface area contributed by atoms with Crippen molar-refractivity contribution in [2.45, 2.75) is 13.8 Å². The number of nitrogens with one attached hydrogen (secondary N) is 1. The minimum atomic E-state index is -0.295. The van der Waals surface area contributed by atoms with Crippen molar-refractivity contribution < 1.29 is 13.9 Å². The summed E-state index contributed by atoms with van der Waals surface area (Å²) in [6.45, 7) is 3.86. The lowest BCUT2D eigenvalue weighted by molar-refractivity contribution is -0.118. The van der Waals surface area contributed by atoms with E-state index >= 15 is 0 Å². The van der Waals surface area contributed by atoms with Crippen molar-refractivity contribution in [2.24, 2.45) is 0 Å². The molecule has 0 aliphatic carbocycles. The fraction of sp³-hybridized carbons (Fsp3) is 0.158. The molecule has 0 atom stereocenters. The summed E-state index contributed by atoms with van der Waals surface area (Å²) in [6.07, 6.45) is 0. The summed E-state index contributed by atoms with van der Waals surface area (Å²) in [5, 5.41) is 5.01. The average Bonchev–Trinajstić information content (AvgIpc) is 3.05. The second-order valence-corrected chi connectivity index (χ2v) is 6.44. The lowest BCUT2D eigenvalue weighted by atomic mass is 10.1. The number of carbonyl (C=O) groups is 1. The number of hydrogen-bond donors (Lipinski definition) is 1. The number of hydrogen-bond acceptors (Lipinski definition) is 4. The number of halogens is 1. The first-order valence-corrected chi connectivity index (χ1v) is 8.61. The molecule has 4 nitrogen and oxygen atoms in total. The van der Waals surface area contributed by atoms with Gasteiger partial charge in [-0.3, -0.25) is 10.1 Å². The lowest BCUT2D eigenvalue weighted by Gasteiger charge is -2.10. The molecule has 0 spiro atoms. The van der Waals surface area contributed by atoms with Crippen LogP contribution < -0.4 is 10.1 Å². The van der Waals surface area contributed by atoms with Gasteiger partial charge in [0.1, 0.15) is 11.6 Å². The van der Waals surface area contributed by atoms with Crippen LogP contribution in [0.2, 0.25) is 0 Å². The SMILES string of the molecule is Cc1cccc(OCC(=O)Nc2nc(-c3ccc(F)cc3)cs2)c1C. The van der Waals surface area contributed by atoms with Gasteiger partial charge in [-0.05, 0) is 55.3 Å². The van der Waals surface area contributed by atoms with Gasteiger partial charge in [-0.1, -0.05) is 12.1 Å². The smallest absolute Gasteiger partial charge is 0.264 e. The van der Waals surface area contributed by atoms with Crippen LogP contribution in [0.1, 0.15) is 11.1 Å². The molecular formula is C19H17FN2O2S. The number of carbonyl (C=O) groups excluding carboxylic acids is 1. The van der Waals surface area contributed by atoms with Crippen LogP contribution in [0.15, 0.2) is 47.8 Å². The van der Waals surface area contributed by atoms with E-state index in [2.05, 4.69) is 10.3 Å². The largest absolute Gasteiger partial charge is 0.483 e. The van der Waals surface area contributed by atoms with Gasteiger partial charge >= 0.3 is 0 Å². The van der Waals surface area contributed by atoms with Crippen LogP contribution in [-0.4, -0.2) is 17.5 Å². The predicted octanol–water partition coefficient (Wildman–Crippen LogP) is 4.58. The first-order chi connectivity index (χ1) is 12.0. The van der Waals surface area contributed by atoms with Crippen LogP contribution >= 0.6 is 11.3 Å². The Kier molecular flexibility index (Phi) is 5.09. The van der Waals surface area contributed by atoms with Crippen molar-refractivity contribution in [2.75, 3.05) is 11.9 Å². The molecule has 25 heavy (non-hydrogen) atoms. The van der Waals surface area contributed by atoms with E-state index in [1.54, 1.807) is 12.1 Å². The molecule has 1 heterocycles. The van der Waals surface area contributed by atoms with Gasteiger partial charge in [0, 0.05) is 10.9 Å². The summed E-state index contributed by atoms with van der Waals surface area (Å²) in [4.78, 5) is 16.4. The van der Waals surface area contributed by atoms with Crippen LogP contribution in [-0.2, 0) is 4.79 Å². The summed E-state index contributed by atoms with van der Waals surface area (Å²) < 4.78 is 18.5. The molecule has 0 radical (unpaired) electrons. The topological polar surface area (TPSA) is 51.2 Å². The van der Waals surface area contributed by atoms with Gasteiger partial charge in [0.05, 0.1) is 5.69 Å². The summed E-state index contributed by atoms with van der Waals surface area (Å²) >= 11 is 1.31. The Morgan fingerprint density at radius 2 is 1.96 bits per heavy atom. The Morgan fingerprint density at radius 3 is 2.72 bits per heavy atom. The third kappa shape index (κ3) is 4.22. The van der Waals surface area contributed by atoms with Gasteiger partial charge in [0.25, 0.3) is 5.91 Å². The van der Waals surface area contributed by atoms with Gasteiger partial charge in [0.15, 0.2) is 11.7 Å². The summed E-state index contributed by atoms with van der Waals surface area (Å²) in [7, 11) is 0. The second kappa shape index (κ2) is 7.44. The van der Waals surface area contributed by atoms with E-state index in [-0.39, 0.29) is 18.3 Å². The molecule has 0 bridgehead atoms. The maximum absolute atomic E-state index is 13.0. The van der Waals surface area contributed by atoms with E-state index in [1.807, 2.05) is 37.4 Å². The highest BCUT2D eigenvalue weighted by Gasteiger charge is 2.10. The Morgan fingerprint density at radius 1 is 1.20 bits per heavy atom. The van der Waals surface area contributed by atoms with Gasteiger partial charge in [-0.15, -0.1) is 11.3 Å². The fourth-order valence-corrected chi connectivity index (χ4v) is 3.00. The normalized spacial score (nSPS) is 10.5. The van der Waals surface area contributed by atoms with Gasteiger partial charge in [0.2, 0.25) is 0 Å². The highest BCUT2D eigenvalue weighted by Crippen LogP contribution is 2.25.